The smallest absolute Gasteiger partial charge is 0.499 e. The van der Waals surface area contributed by atoms with Crippen molar-refractivity contribution in [2.75, 3.05) is 26.4 Å². The summed E-state index contributed by atoms with van der Waals surface area (Å²) in [6, 6.07) is 12.0. The number of esters is 2. The number of unbranched alkanes of at least 4 members (excludes halogenated alkanes) is 24. The zero-order valence-electron chi connectivity index (χ0n) is 55.6. The maximum Gasteiger partial charge on any atom is 0.499 e. The highest BCUT2D eigenvalue weighted by Crippen LogP contribution is 2.49. The summed E-state index contributed by atoms with van der Waals surface area (Å²) in [7, 11) is -17.9. The molecule has 2 unspecified atom stereocenters. The first-order valence-electron chi connectivity index (χ1n) is 33.8. The van der Waals surface area contributed by atoms with Crippen LogP contribution in [-0.4, -0.2) is 149 Å². The van der Waals surface area contributed by atoms with Crippen LogP contribution in [0, 0.1) is 0 Å². The molecule has 11 N–H and O–H groups in total. The molecule has 2 aliphatic carbocycles. The molecule has 10 atom stereocenters. The number of amides is 1. The van der Waals surface area contributed by atoms with E-state index in [1.165, 1.54) is 126 Å². The first-order chi connectivity index (χ1) is 46.7. The van der Waals surface area contributed by atoms with Gasteiger partial charge >= 0.3 is 41.4 Å². The highest BCUT2D eigenvalue weighted by Gasteiger charge is 2.55. The molecule has 1 heterocycles. The van der Waals surface area contributed by atoms with Crippen molar-refractivity contribution in [3.05, 3.63) is 75.9 Å². The first kappa shape index (κ1) is 84.0. The van der Waals surface area contributed by atoms with E-state index in [9.17, 15) is 87.7 Å². The summed E-state index contributed by atoms with van der Waals surface area (Å²) in [5, 5.41) is 56.3. The van der Waals surface area contributed by atoms with Crippen molar-refractivity contribution in [2.24, 2.45) is 0 Å². The number of nitrogens with one attached hydrogen (secondary N) is 1. The van der Waals surface area contributed by atoms with Crippen LogP contribution in [0.5, 0.6) is 5.75 Å². The Labute approximate surface area is 572 Å². The monoisotopic (exact) mass is 1470 g/mol. The summed E-state index contributed by atoms with van der Waals surface area (Å²) in [5.41, 5.74) is 0.159. The zero-order chi connectivity index (χ0) is 71.7. The lowest BCUT2D eigenvalue weighted by atomic mass is 9.85. The number of aromatic hydroxyl groups is 1. The molecule has 1 aliphatic heterocycles. The Morgan fingerprint density at radius 1 is 0.582 bits per heavy atom. The largest absolute Gasteiger partial charge is 0.508 e. The predicted octanol–water partition coefficient (Wildman–Crippen LogP) is 11.5. The summed E-state index contributed by atoms with van der Waals surface area (Å²) < 4.78 is 84.6. The molecule has 0 spiro atoms. The number of phenols is 1. The summed E-state index contributed by atoms with van der Waals surface area (Å²) in [4.78, 5) is 120. The topological polar surface area (TPSA) is 447 Å². The molecule has 0 bridgehead atoms. The summed E-state index contributed by atoms with van der Waals surface area (Å²) >= 11 is 0. The molecule has 5 rings (SSSR count). The normalized spacial score (nSPS) is 18.8. The van der Waals surface area contributed by atoms with Gasteiger partial charge in [-0.15, -0.1) is 4.67 Å². The quantitative estimate of drug-likeness (QED) is 0.00488. The zero-order valence-corrected chi connectivity index (χ0v) is 59.3. The lowest BCUT2D eigenvalue weighted by Crippen LogP contribution is -2.64. The van der Waals surface area contributed by atoms with E-state index in [0.717, 1.165) is 70.3 Å². The summed E-state index contributed by atoms with van der Waals surface area (Å²) in [6.45, 7) is 1.53. The maximum atomic E-state index is 13.7. The van der Waals surface area contributed by atoms with Gasteiger partial charge in [0.1, 0.15) is 60.3 Å². The van der Waals surface area contributed by atoms with E-state index in [1.807, 2.05) is 0 Å². The molecule has 1 saturated carbocycles. The van der Waals surface area contributed by atoms with Gasteiger partial charge in [-0.3, -0.25) is 32.7 Å². The molecule has 0 saturated heterocycles. The molecule has 98 heavy (non-hydrogen) atoms. The van der Waals surface area contributed by atoms with Gasteiger partial charge in [0.05, 0.1) is 18.8 Å². The number of ether oxygens (including phenoxy) is 2. The van der Waals surface area contributed by atoms with Crippen LogP contribution in [0.4, 0.5) is 0 Å². The van der Waals surface area contributed by atoms with Crippen molar-refractivity contribution in [2.45, 2.75) is 242 Å². The number of phosphoric ester groups is 3. The number of fused-ring (bicyclic) bond motifs is 2. The third kappa shape index (κ3) is 30.5. The fourth-order valence-electron chi connectivity index (χ4n) is 11.4. The average Bonchev–Trinajstić information content (AvgIpc) is 0.758. The van der Waals surface area contributed by atoms with Crippen molar-refractivity contribution in [3.8, 4) is 28.2 Å². The predicted molar refractivity (Wildman–Crippen MR) is 360 cm³/mol. The van der Waals surface area contributed by atoms with Crippen LogP contribution in [-0.2, 0) is 64.9 Å². The minimum absolute atomic E-state index is 0.109. The number of benzene rings is 3. The van der Waals surface area contributed by atoms with Gasteiger partial charge in [-0.1, -0.05) is 174 Å². The number of carbonyl (C=O) groups excluding carboxylic acids is 3. The molecule has 2 aromatic carbocycles. The van der Waals surface area contributed by atoms with Gasteiger partial charge < -0.3 is 78.3 Å². The molecule has 0 aromatic heterocycles. The standard InChI is InChI=1S/C65H99NO28P4/c1-3-5-7-9-11-13-15-17-19-21-23-25-27-29-55(69)89-53(42-86-95-91-61-58(71)59(72)62(92-96(77,78)79)63(60(61)73)93-97(80,81)82)54(90-56(70)30-28-26-24-22-20-18-16-14-12-10-8-6-4-2)43-87-98(83,84)94-85-38-37-66-64(74)44-31-34-47(50(39-44)65(75)76)57-48-35-32-45(67)40-51(48)88-52-41-46(68)33-36-49(52)57/h31-36,39-41,53-54,58-63,67,71-73,95H,3-30,37-38,42-43H2,1-2H3,(H,66,74)(H,75,76)(H,83,84)(H2,77,78,79)(H2,80,81,82)/t53-,54-,58-,59+,60+,61-,62-,63-/m1/s1. The second-order valence-electron chi connectivity index (χ2n) is 24.4. The van der Waals surface area contributed by atoms with Crippen LogP contribution in [0.2, 0.25) is 0 Å². The first-order valence-corrected chi connectivity index (χ1v) is 39.2. The lowest BCUT2D eigenvalue weighted by molar-refractivity contribution is -0.224. The Kier molecular flexibility index (Phi) is 37.7. The van der Waals surface area contributed by atoms with Gasteiger partial charge in [0.2, 0.25) is 0 Å². The lowest BCUT2D eigenvalue weighted by Gasteiger charge is -2.44. The summed E-state index contributed by atoms with van der Waals surface area (Å²) in [6.07, 6.45) is 8.97. The number of aromatic carboxylic acids is 1. The van der Waals surface area contributed by atoms with E-state index in [2.05, 4.69) is 28.2 Å². The minimum atomic E-state index is -5.61. The van der Waals surface area contributed by atoms with E-state index in [4.69, 9.17) is 37.0 Å². The van der Waals surface area contributed by atoms with Crippen LogP contribution in [0.3, 0.4) is 0 Å². The van der Waals surface area contributed by atoms with Gasteiger partial charge in [-0.2, -0.15) is 0 Å². The van der Waals surface area contributed by atoms with Gasteiger partial charge in [-0.25, -0.2) is 23.4 Å². The number of rotatable bonds is 51. The van der Waals surface area contributed by atoms with Crippen LogP contribution in [0.25, 0.3) is 33.4 Å². The number of hydrogen-bond donors (Lipinski definition) is 11. The van der Waals surface area contributed by atoms with Crippen molar-refractivity contribution < 1.29 is 129 Å². The van der Waals surface area contributed by atoms with E-state index in [0.29, 0.717) is 42.2 Å². The van der Waals surface area contributed by atoms with E-state index >= 15 is 0 Å². The van der Waals surface area contributed by atoms with Crippen LogP contribution in [0.1, 0.15) is 214 Å². The number of carboxylic acids is 1. The molecular formula is C65H99NO28P4. The molecule has 29 nitrogen and oxygen atoms in total. The highest BCUT2D eigenvalue weighted by molar-refractivity contribution is 7.47. The second kappa shape index (κ2) is 44.0. The number of carbonyl (C=O) groups is 4. The minimum Gasteiger partial charge on any atom is -0.508 e. The molecule has 33 heteroatoms. The van der Waals surface area contributed by atoms with E-state index < -0.39 is 132 Å². The Morgan fingerprint density at radius 2 is 1.06 bits per heavy atom. The van der Waals surface area contributed by atoms with Crippen molar-refractivity contribution in [1.82, 2.24) is 5.32 Å². The Hall–Kier alpha value is -4.67. The molecule has 1 amide bonds. The van der Waals surface area contributed by atoms with Crippen LogP contribution >= 0.6 is 32.5 Å². The molecular weight excluding hydrogens is 1370 g/mol. The SMILES string of the molecule is CCCCCCCCCCCCCCCC(=O)O[C@H](COPO[C@@H]1[C@H](O)[C@H](O)[C@@H](OP(=O)(O)O)[C@H](OP(=O)(O)O)[C@H]1O)[C@@H](COP(=O)(O)OOCCNC(=O)c1ccc(-c2c3ccc(=O)cc-3oc3cc(O)ccc23)c(C(=O)O)c1)OC(=O)CCCCCCCCCCCCCCC. The number of carboxylic acid groups (broad SMARTS) is 1. The number of aliphatic hydroxyl groups is 3. The van der Waals surface area contributed by atoms with Gasteiger partial charge in [0, 0.05) is 53.6 Å². The van der Waals surface area contributed by atoms with E-state index in [1.54, 1.807) is 0 Å². The van der Waals surface area contributed by atoms with Gasteiger partial charge in [0.15, 0.2) is 26.7 Å². The Morgan fingerprint density at radius 3 is 1.57 bits per heavy atom. The molecule has 2 aromatic rings. The fourth-order valence-corrected chi connectivity index (χ4v) is 13.8. The second-order valence-corrected chi connectivity index (χ2v) is 28.8. The van der Waals surface area contributed by atoms with E-state index in [-0.39, 0.29) is 52.1 Å². The Balaban J connectivity index is 1.27. The third-order valence-electron chi connectivity index (χ3n) is 16.5. The highest BCUT2D eigenvalue weighted by atomic mass is 31.2. The molecule has 552 valence electrons. The molecule has 0 radical (unpaired) electrons. The summed E-state index contributed by atoms with van der Waals surface area (Å²) in [5.74, 6) is -3.93. The number of phosphoric acid groups is 3. The van der Waals surface area contributed by atoms with Crippen LogP contribution in [0.15, 0.2) is 63.8 Å². The molecule has 1 fully saturated rings. The molecule has 3 aliphatic rings. The average molecular weight is 1470 g/mol. The van der Waals surface area contributed by atoms with Crippen molar-refractivity contribution in [1.29, 1.82) is 0 Å². The number of hydrogen-bond acceptors (Lipinski definition) is 22. The number of aliphatic hydroxyl groups excluding tert-OH is 3. The Bertz CT molecular complexity index is 3250. The van der Waals surface area contributed by atoms with Crippen LogP contribution < -0.4 is 10.7 Å². The van der Waals surface area contributed by atoms with Crippen molar-refractivity contribution in [3.63, 3.8) is 0 Å². The number of phenolic OH excluding ortho intramolecular Hbond substituents is 1. The van der Waals surface area contributed by atoms with Gasteiger partial charge in [-0.05, 0) is 54.8 Å². The third-order valence-corrected chi connectivity index (χ3v) is 18.9. The van der Waals surface area contributed by atoms with Gasteiger partial charge in [0.25, 0.3) is 5.91 Å². The van der Waals surface area contributed by atoms with Crippen molar-refractivity contribution >= 4 is 67.3 Å². The fraction of sp³-hybridized carbons (Fsp3) is 0.646. The maximum absolute atomic E-state index is 13.7.